The lowest BCUT2D eigenvalue weighted by atomic mass is 10.1. The van der Waals surface area contributed by atoms with Gasteiger partial charge in [0.2, 0.25) is 0 Å². The van der Waals surface area contributed by atoms with Gasteiger partial charge in [0.15, 0.2) is 5.13 Å². The summed E-state index contributed by atoms with van der Waals surface area (Å²) in [5, 5.41) is 5.27. The van der Waals surface area contributed by atoms with Gasteiger partial charge in [0, 0.05) is 29.5 Å². The van der Waals surface area contributed by atoms with Crippen LogP contribution in [0.3, 0.4) is 0 Å². The van der Waals surface area contributed by atoms with Gasteiger partial charge in [0.1, 0.15) is 11.5 Å². The SMILES string of the molecule is COc1cc(OC)cc(C(=O)N2CCc3nc(NC(=O)c4cccs4)sc3C2)c1. The molecule has 1 aromatic carbocycles. The second kappa shape index (κ2) is 8.22. The molecule has 1 aliphatic heterocycles. The minimum absolute atomic E-state index is 0.0922. The van der Waals surface area contributed by atoms with Crippen LogP contribution in [0.25, 0.3) is 0 Å². The zero-order valence-electron chi connectivity index (χ0n) is 15.9. The highest BCUT2D eigenvalue weighted by Gasteiger charge is 2.26. The van der Waals surface area contributed by atoms with E-state index in [9.17, 15) is 9.59 Å². The fourth-order valence-corrected chi connectivity index (χ4v) is 4.74. The van der Waals surface area contributed by atoms with E-state index < -0.39 is 0 Å². The largest absolute Gasteiger partial charge is 0.497 e. The van der Waals surface area contributed by atoms with Crippen LogP contribution in [-0.4, -0.2) is 42.5 Å². The van der Waals surface area contributed by atoms with Crippen LogP contribution in [-0.2, 0) is 13.0 Å². The highest BCUT2D eigenvalue weighted by molar-refractivity contribution is 7.16. The van der Waals surface area contributed by atoms with Gasteiger partial charge in [-0.25, -0.2) is 4.98 Å². The first-order chi connectivity index (χ1) is 14.1. The Kier molecular flexibility index (Phi) is 5.50. The number of aromatic nitrogens is 1. The van der Waals surface area contributed by atoms with Crippen LogP contribution in [0.15, 0.2) is 35.7 Å². The average Bonchev–Trinajstić information content (AvgIpc) is 3.41. The smallest absolute Gasteiger partial charge is 0.267 e. The van der Waals surface area contributed by atoms with Crippen molar-refractivity contribution < 1.29 is 19.1 Å². The van der Waals surface area contributed by atoms with Crippen molar-refractivity contribution in [3.05, 3.63) is 56.7 Å². The predicted molar refractivity (Wildman–Crippen MR) is 112 cm³/mol. The quantitative estimate of drug-likeness (QED) is 0.669. The van der Waals surface area contributed by atoms with Crippen molar-refractivity contribution in [3.8, 4) is 11.5 Å². The Balaban J connectivity index is 1.49. The van der Waals surface area contributed by atoms with Crippen LogP contribution >= 0.6 is 22.7 Å². The first-order valence-electron chi connectivity index (χ1n) is 8.93. The van der Waals surface area contributed by atoms with Crippen molar-refractivity contribution in [2.24, 2.45) is 0 Å². The number of nitrogens with one attached hydrogen (secondary N) is 1. The molecule has 9 heteroatoms. The van der Waals surface area contributed by atoms with Crippen LogP contribution in [0, 0.1) is 0 Å². The summed E-state index contributed by atoms with van der Waals surface area (Å²) < 4.78 is 10.5. The van der Waals surface area contributed by atoms with Gasteiger partial charge < -0.3 is 14.4 Å². The number of benzene rings is 1. The molecule has 0 radical (unpaired) electrons. The van der Waals surface area contributed by atoms with E-state index >= 15 is 0 Å². The number of anilines is 1. The second-order valence-corrected chi connectivity index (χ2v) is 8.43. The number of ether oxygens (including phenoxy) is 2. The summed E-state index contributed by atoms with van der Waals surface area (Å²) in [6.45, 7) is 1.02. The predicted octanol–water partition coefficient (Wildman–Crippen LogP) is 3.67. The molecule has 0 bridgehead atoms. The van der Waals surface area contributed by atoms with Crippen LogP contribution in [0.4, 0.5) is 5.13 Å². The molecule has 0 atom stereocenters. The van der Waals surface area contributed by atoms with E-state index in [4.69, 9.17) is 9.47 Å². The van der Waals surface area contributed by atoms with E-state index in [1.807, 2.05) is 11.4 Å². The molecule has 2 aromatic heterocycles. The molecule has 1 aliphatic rings. The molecule has 2 amide bonds. The number of nitrogens with zero attached hydrogens (tertiary/aromatic N) is 2. The summed E-state index contributed by atoms with van der Waals surface area (Å²) in [5.74, 6) is 0.886. The van der Waals surface area contributed by atoms with Gasteiger partial charge in [-0.2, -0.15) is 0 Å². The Hall–Kier alpha value is -2.91. The molecule has 0 saturated carbocycles. The maximum absolute atomic E-state index is 13.0. The summed E-state index contributed by atoms with van der Waals surface area (Å²) >= 11 is 2.80. The molecular formula is C20H19N3O4S2. The lowest BCUT2D eigenvalue weighted by Crippen LogP contribution is -2.35. The summed E-state index contributed by atoms with van der Waals surface area (Å²) in [7, 11) is 3.11. The number of thiophene rings is 1. The third kappa shape index (κ3) is 4.10. The minimum atomic E-state index is -0.164. The van der Waals surface area contributed by atoms with Gasteiger partial charge >= 0.3 is 0 Å². The summed E-state index contributed by atoms with van der Waals surface area (Å²) in [5.41, 5.74) is 1.45. The molecule has 29 heavy (non-hydrogen) atoms. The van der Waals surface area contributed by atoms with Crippen molar-refractivity contribution in [1.29, 1.82) is 0 Å². The zero-order valence-corrected chi connectivity index (χ0v) is 17.6. The monoisotopic (exact) mass is 429 g/mol. The summed E-state index contributed by atoms with van der Waals surface area (Å²) in [4.78, 5) is 33.2. The number of hydrogen-bond donors (Lipinski definition) is 1. The molecular weight excluding hydrogens is 410 g/mol. The van der Waals surface area contributed by atoms with Gasteiger partial charge in [-0.15, -0.1) is 11.3 Å². The number of rotatable bonds is 5. The number of methoxy groups -OCH3 is 2. The van der Waals surface area contributed by atoms with Crippen LogP contribution in [0.5, 0.6) is 11.5 Å². The van der Waals surface area contributed by atoms with E-state index in [1.165, 1.54) is 22.7 Å². The number of hydrogen-bond acceptors (Lipinski definition) is 7. The van der Waals surface area contributed by atoms with Gasteiger partial charge in [-0.3, -0.25) is 14.9 Å². The van der Waals surface area contributed by atoms with E-state index in [1.54, 1.807) is 43.4 Å². The van der Waals surface area contributed by atoms with E-state index in [2.05, 4.69) is 10.3 Å². The third-order valence-electron chi connectivity index (χ3n) is 4.58. The minimum Gasteiger partial charge on any atom is -0.497 e. The Bertz CT molecular complexity index is 1020. The van der Waals surface area contributed by atoms with Crippen LogP contribution < -0.4 is 14.8 Å². The van der Waals surface area contributed by atoms with Crippen LogP contribution in [0.2, 0.25) is 0 Å². The molecule has 3 heterocycles. The molecule has 7 nitrogen and oxygen atoms in total. The van der Waals surface area contributed by atoms with E-state index in [0.29, 0.717) is 46.6 Å². The number of amides is 2. The van der Waals surface area contributed by atoms with Crippen molar-refractivity contribution >= 4 is 39.6 Å². The zero-order chi connectivity index (χ0) is 20.4. The maximum Gasteiger partial charge on any atom is 0.267 e. The third-order valence-corrected chi connectivity index (χ3v) is 6.45. The molecule has 0 unspecified atom stereocenters. The second-order valence-electron chi connectivity index (χ2n) is 6.40. The molecule has 150 valence electrons. The molecule has 0 saturated heterocycles. The Morgan fingerprint density at radius 2 is 1.93 bits per heavy atom. The van der Waals surface area contributed by atoms with Crippen molar-refractivity contribution in [3.63, 3.8) is 0 Å². The number of fused-ring (bicyclic) bond motifs is 1. The Morgan fingerprint density at radius 3 is 2.59 bits per heavy atom. The van der Waals surface area contributed by atoms with Crippen molar-refractivity contribution in [1.82, 2.24) is 9.88 Å². The number of carbonyl (C=O) groups excluding carboxylic acids is 2. The molecule has 0 fully saturated rings. The topological polar surface area (TPSA) is 80.8 Å². The van der Waals surface area contributed by atoms with Crippen LogP contribution in [0.1, 0.15) is 30.6 Å². The standard InChI is InChI=1S/C20H19N3O4S2/c1-26-13-8-12(9-14(10-13)27-2)19(25)23-6-5-15-17(11-23)29-20(21-15)22-18(24)16-4-3-7-28-16/h3-4,7-10H,5-6,11H2,1-2H3,(H,21,22,24). The lowest BCUT2D eigenvalue weighted by Gasteiger charge is -2.26. The Labute approximate surface area is 175 Å². The Morgan fingerprint density at radius 1 is 1.17 bits per heavy atom. The van der Waals surface area contributed by atoms with E-state index in [0.717, 1.165) is 10.6 Å². The van der Waals surface area contributed by atoms with Gasteiger partial charge in [0.05, 0.1) is 31.3 Å². The summed E-state index contributed by atoms with van der Waals surface area (Å²) in [6.07, 6.45) is 0.646. The van der Waals surface area contributed by atoms with Gasteiger partial charge in [-0.05, 0) is 23.6 Å². The highest BCUT2D eigenvalue weighted by atomic mass is 32.1. The average molecular weight is 430 g/mol. The van der Waals surface area contributed by atoms with Crippen molar-refractivity contribution in [2.75, 3.05) is 26.1 Å². The molecule has 0 aliphatic carbocycles. The maximum atomic E-state index is 13.0. The summed E-state index contributed by atoms with van der Waals surface area (Å²) in [6, 6.07) is 8.76. The van der Waals surface area contributed by atoms with Gasteiger partial charge in [-0.1, -0.05) is 17.4 Å². The first-order valence-corrected chi connectivity index (χ1v) is 10.6. The highest BCUT2D eigenvalue weighted by Crippen LogP contribution is 2.30. The molecule has 0 spiro atoms. The lowest BCUT2D eigenvalue weighted by molar-refractivity contribution is 0.0735. The van der Waals surface area contributed by atoms with Crippen molar-refractivity contribution in [2.45, 2.75) is 13.0 Å². The molecule has 3 aromatic rings. The fourth-order valence-electron chi connectivity index (χ4n) is 3.10. The number of thiazole rings is 1. The normalized spacial score (nSPS) is 13.0. The van der Waals surface area contributed by atoms with E-state index in [-0.39, 0.29) is 11.8 Å². The molecule has 1 N–H and O–H groups in total. The fraction of sp³-hybridized carbons (Fsp3) is 0.250. The van der Waals surface area contributed by atoms with Gasteiger partial charge in [0.25, 0.3) is 11.8 Å². The number of carbonyl (C=O) groups is 2. The first kappa shape index (κ1) is 19.4. The molecule has 4 rings (SSSR count).